The second-order valence-electron chi connectivity index (χ2n) is 6.74. The molecule has 9 nitrogen and oxygen atoms in total. The van der Waals surface area contributed by atoms with Gasteiger partial charge in [0.25, 0.3) is 0 Å². The third-order valence-electron chi connectivity index (χ3n) is 4.68. The molecule has 0 radical (unpaired) electrons. The monoisotopic (exact) mass is 405 g/mol. The van der Waals surface area contributed by atoms with Gasteiger partial charge in [-0.25, -0.2) is 9.36 Å². The average molecular weight is 405 g/mol. The number of anilines is 1. The summed E-state index contributed by atoms with van der Waals surface area (Å²) in [6, 6.07) is 1.06. The molecule has 1 aliphatic heterocycles. The zero-order valence-corrected chi connectivity index (χ0v) is 15.6. The minimum atomic E-state index is -4.29. The lowest BCUT2D eigenvalue weighted by molar-refractivity contribution is -0.341. The van der Waals surface area contributed by atoms with Crippen LogP contribution in [0, 0.1) is 5.92 Å². The largest absolute Gasteiger partial charge is 0.394 e. The molecule has 11 heteroatoms. The van der Waals surface area contributed by atoms with E-state index in [1.54, 1.807) is 0 Å². The zero-order chi connectivity index (χ0) is 21.1. The zero-order valence-electron chi connectivity index (χ0n) is 15.6. The summed E-state index contributed by atoms with van der Waals surface area (Å²) in [5.41, 5.74) is -1.33. The van der Waals surface area contributed by atoms with Gasteiger partial charge in [0.1, 0.15) is 11.9 Å². The highest BCUT2D eigenvalue weighted by Gasteiger charge is 2.70. The van der Waals surface area contributed by atoms with Crippen molar-refractivity contribution in [2.45, 2.75) is 63.6 Å². The Balaban J connectivity index is 2.27. The maximum absolute atomic E-state index is 14.3. The van der Waals surface area contributed by atoms with Crippen LogP contribution in [0.2, 0.25) is 0 Å². The second kappa shape index (κ2) is 8.60. The highest BCUT2D eigenvalue weighted by atomic mass is 19.3. The fraction of sp³-hybridized carbons (Fsp3) is 0.706. The van der Waals surface area contributed by atoms with E-state index < -0.39 is 36.3 Å². The van der Waals surface area contributed by atoms with Crippen LogP contribution in [0.3, 0.4) is 0 Å². The number of nitrogens with zero attached hydrogens (tertiary/aromatic N) is 2. The first-order valence-corrected chi connectivity index (χ1v) is 9.10. The third kappa shape index (κ3) is 3.93. The third-order valence-corrected chi connectivity index (χ3v) is 4.68. The second-order valence-corrected chi connectivity index (χ2v) is 6.74. The van der Waals surface area contributed by atoms with Crippen molar-refractivity contribution in [3.8, 4) is 0 Å². The number of amides is 1. The maximum Gasteiger partial charge on any atom is 0.353 e. The van der Waals surface area contributed by atoms with E-state index in [2.05, 4.69) is 15.0 Å². The van der Waals surface area contributed by atoms with Crippen LogP contribution in [-0.4, -0.2) is 55.5 Å². The number of hydrogen-bond donors (Lipinski definition) is 4. The number of alkyl halides is 2. The number of nitrogens with one attached hydrogen (secondary N) is 1. The molecule has 158 valence electrons. The van der Waals surface area contributed by atoms with Crippen LogP contribution < -0.4 is 11.0 Å². The molecular weight excluding hydrogens is 380 g/mol. The lowest BCUT2D eigenvalue weighted by Crippen LogP contribution is -2.55. The minimum absolute atomic E-state index is 0.108. The van der Waals surface area contributed by atoms with Crippen LogP contribution in [0.15, 0.2) is 17.1 Å². The highest BCUT2D eigenvalue weighted by molar-refractivity contribution is 5.91. The van der Waals surface area contributed by atoms with Gasteiger partial charge in [-0.05, 0) is 18.9 Å². The van der Waals surface area contributed by atoms with Crippen molar-refractivity contribution >= 4 is 11.7 Å². The van der Waals surface area contributed by atoms with Gasteiger partial charge in [0, 0.05) is 12.1 Å². The molecule has 1 aliphatic rings. The van der Waals surface area contributed by atoms with Gasteiger partial charge < -0.3 is 25.4 Å². The Labute approximate surface area is 160 Å². The summed E-state index contributed by atoms with van der Waals surface area (Å²) in [6.45, 7) is 2.88. The topological polar surface area (TPSA) is 134 Å². The summed E-state index contributed by atoms with van der Waals surface area (Å²) in [6.07, 6.45) is -0.664. The number of carbonyl (C=O) groups is 1. The molecule has 0 bridgehead atoms. The molecule has 0 unspecified atom stereocenters. The Morgan fingerprint density at radius 2 is 2.00 bits per heavy atom. The van der Waals surface area contributed by atoms with E-state index in [-0.39, 0.29) is 22.2 Å². The highest BCUT2D eigenvalue weighted by Crippen LogP contribution is 2.45. The molecule has 4 N–H and O–H groups in total. The van der Waals surface area contributed by atoms with Crippen LogP contribution in [0.4, 0.5) is 14.6 Å². The number of ether oxygens (including phenoxy) is 1. The number of aromatic nitrogens is 2. The van der Waals surface area contributed by atoms with Gasteiger partial charge in [0.2, 0.25) is 5.91 Å². The number of carbonyl (C=O) groups excluding carboxylic acids is 1. The summed E-state index contributed by atoms with van der Waals surface area (Å²) in [5.74, 6) is -8.59. The summed E-state index contributed by atoms with van der Waals surface area (Å²) < 4.78 is 33.3. The lowest BCUT2D eigenvalue weighted by Gasteiger charge is -2.29. The number of halogens is 2. The van der Waals surface area contributed by atoms with E-state index in [0.717, 1.165) is 25.1 Å². The first kappa shape index (κ1) is 22.3. The lowest BCUT2D eigenvalue weighted by atomic mass is 9.97. The Morgan fingerprint density at radius 3 is 2.46 bits per heavy atom. The Kier molecular flexibility index (Phi) is 6.86. The molecule has 2 heterocycles. The SMILES string of the molecule is CCCC(CCC)C(=O)Nc1ccn([C@@]2(O)O[C@H](CO)[C@@H](O)C2(F)F)c(=O)n1. The van der Waals surface area contributed by atoms with Crippen LogP contribution in [0.25, 0.3) is 0 Å². The Bertz CT molecular complexity index is 753. The molecule has 0 saturated carbocycles. The molecule has 1 amide bonds. The summed E-state index contributed by atoms with van der Waals surface area (Å²) in [7, 11) is 0. The molecule has 1 fully saturated rings. The van der Waals surface area contributed by atoms with Crippen molar-refractivity contribution in [3.63, 3.8) is 0 Å². The summed E-state index contributed by atoms with van der Waals surface area (Å²) in [4.78, 5) is 28.0. The van der Waals surface area contributed by atoms with E-state index in [9.17, 15) is 28.6 Å². The van der Waals surface area contributed by atoms with Crippen LogP contribution in [-0.2, 0) is 15.4 Å². The molecule has 3 atom stereocenters. The Hall–Kier alpha value is -1.95. The van der Waals surface area contributed by atoms with Crippen LogP contribution >= 0.6 is 0 Å². The Morgan fingerprint density at radius 1 is 1.39 bits per heavy atom. The molecule has 0 aromatic carbocycles. The number of aliphatic hydroxyl groups excluding tert-OH is 2. The van der Waals surface area contributed by atoms with E-state index in [1.807, 2.05) is 13.8 Å². The van der Waals surface area contributed by atoms with Crippen molar-refractivity contribution in [3.05, 3.63) is 22.7 Å². The molecule has 1 aromatic rings. The van der Waals surface area contributed by atoms with Crippen LogP contribution in [0.5, 0.6) is 0 Å². The van der Waals surface area contributed by atoms with Gasteiger partial charge >= 0.3 is 17.5 Å². The number of hydrogen-bond acceptors (Lipinski definition) is 7. The van der Waals surface area contributed by atoms with E-state index >= 15 is 0 Å². The predicted octanol–water partition coefficient (Wildman–Crippen LogP) is 0.388. The van der Waals surface area contributed by atoms with Crippen molar-refractivity contribution in [1.82, 2.24) is 9.55 Å². The molecule has 28 heavy (non-hydrogen) atoms. The molecule has 1 saturated heterocycles. The molecule has 2 rings (SSSR count). The van der Waals surface area contributed by atoms with Crippen molar-refractivity contribution in [1.29, 1.82) is 0 Å². The molecule has 0 spiro atoms. The fourth-order valence-corrected chi connectivity index (χ4v) is 3.17. The predicted molar refractivity (Wildman–Crippen MR) is 93.5 cm³/mol. The summed E-state index contributed by atoms with van der Waals surface area (Å²) in [5, 5.41) is 31.3. The normalized spacial score (nSPS) is 26.6. The van der Waals surface area contributed by atoms with Gasteiger partial charge in [0.15, 0.2) is 6.10 Å². The van der Waals surface area contributed by atoms with Gasteiger partial charge in [-0.3, -0.25) is 4.79 Å². The standard InChI is InChI=1S/C17H25F2N3O6/c1-3-5-10(6-4-2)14(25)20-12-7-8-22(15(26)21-12)17(27)16(18,19)13(24)11(9-23)28-17/h7-8,10-11,13,23-24,27H,3-6,9H2,1-2H3,(H,20,21,25,26)/t11-,13-,17+/m1/s1. The van der Waals surface area contributed by atoms with Crippen molar-refractivity contribution in [2.75, 3.05) is 11.9 Å². The van der Waals surface area contributed by atoms with Crippen molar-refractivity contribution < 1.29 is 33.6 Å². The van der Waals surface area contributed by atoms with Gasteiger partial charge in [0.05, 0.1) is 6.61 Å². The maximum atomic E-state index is 14.3. The van der Waals surface area contributed by atoms with Crippen molar-refractivity contribution in [2.24, 2.45) is 5.92 Å². The van der Waals surface area contributed by atoms with Gasteiger partial charge in [-0.2, -0.15) is 13.8 Å². The molecular formula is C17H25F2N3O6. The quantitative estimate of drug-likeness (QED) is 0.491. The first-order chi connectivity index (χ1) is 13.1. The minimum Gasteiger partial charge on any atom is -0.394 e. The molecule has 0 aliphatic carbocycles. The van der Waals surface area contributed by atoms with Gasteiger partial charge in [-0.1, -0.05) is 26.7 Å². The first-order valence-electron chi connectivity index (χ1n) is 9.10. The number of aliphatic hydroxyl groups is 3. The average Bonchev–Trinajstić information content (AvgIpc) is 2.82. The van der Waals surface area contributed by atoms with Gasteiger partial charge in [-0.15, -0.1) is 0 Å². The van der Waals surface area contributed by atoms with Crippen LogP contribution in [0.1, 0.15) is 39.5 Å². The number of rotatable bonds is 8. The molecule has 1 aromatic heterocycles. The smallest absolute Gasteiger partial charge is 0.353 e. The van der Waals surface area contributed by atoms with E-state index in [0.29, 0.717) is 12.8 Å². The fourth-order valence-electron chi connectivity index (χ4n) is 3.17. The summed E-state index contributed by atoms with van der Waals surface area (Å²) >= 11 is 0. The van der Waals surface area contributed by atoms with E-state index in [4.69, 9.17) is 5.11 Å². The van der Waals surface area contributed by atoms with E-state index in [1.165, 1.54) is 0 Å².